The average molecular weight is 431 g/mol. The summed E-state index contributed by atoms with van der Waals surface area (Å²) in [5.74, 6) is 1.37. The number of hydrogen-bond donors (Lipinski definition) is 1. The molecule has 2 heterocycles. The van der Waals surface area contributed by atoms with E-state index in [9.17, 15) is 13.2 Å². The Labute approximate surface area is 171 Å². The zero-order chi connectivity index (χ0) is 21.0. The molecule has 158 valence electrons. The molecule has 1 unspecified atom stereocenters. The van der Waals surface area contributed by atoms with Gasteiger partial charge >= 0.3 is 6.18 Å². The third-order valence-electron chi connectivity index (χ3n) is 4.80. The molecule has 11 heteroatoms. The third kappa shape index (κ3) is 5.39. The van der Waals surface area contributed by atoms with Crippen molar-refractivity contribution in [3.05, 3.63) is 35.2 Å². The normalized spacial score (nSPS) is 17.4. The Morgan fingerprint density at radius 1 is 1.31 bits per heavy atom. The summed E-state index contributed by atoms with van der Waals surface area (Å²) in [5.41, 5.74) is 0.742. The van der Waals surface area contributed by atoms with E-state index >= 15 is 0 Å². The molecule has 0 spiro atoms. The van der Waals surface area contributed by atoms with E-state index in [1.807, 2.05) is 11.0 Å². The first kappa shape index (κ1) is 21.4. The van der Waals surface area contributed by atoms with Gasteiger partial charge in [-0.15, -0.1) is 0 Å². The van der Waals surface area contributed by atoms with Gasteiger partial charge in [-0.2, -0.15) is 18.2 Å². The van der Waals surface area contributed by atoms with Crippen LogP contribution in [0.3, 0.4) is 0 Å². The predicted molar refractivity (Wildman–Crippen MR) is 104 cm³/mol. The van der Waals surface area contributed by atoms with Crippen LogP contribution in [0.1, 0.15) is 12.8 Å². The summed E-state index contributed by atoms with van der Waals surface area (Å²) in [5, 5.41) is 7.64. The fraction of sp³-hybridized carbons (Fsp3) is 0.500. The van der Waals surface area contributed by atoms with Crippen molar-refractivity contribution in [1.29, 1.82) is 0 Å². The zero-order valence-corrected chi connectivity index (χ0v) is 16.8. The third-order valence-corrected chi connectivity index (χ3v) is 5.03. The largest absolute Gasteiger partial charge is 0.403 e. The molecule has 0 bridgehead atoms. The minimum atomic E-state index is -4.22. The molecule has 1 aliphatic heterocycles. The highest BCUT2D eigenvalue weighted by molar-refractivity contribution is 6.30. The van der Waals surface area contributed by atoms with Crippen LogP contribution in [-0.2, 0) is 6.54 Å². The van der Waals surface area contributed by atoms with Crippen molar-refractivity contribution in [3.8, 4) is 11.4 Å². The van der Waals surface area contributed by atoms with Gasteiger partial charge in [0.05, 0.1) is 6.54 Å². The molecule has 1 saturated heterocycles. The van der Waals surface area contributed by atoms with Crippen molar-refractivity contribution >= 4 is 17.6 Å². The molecule has 0 saturated carbocycles. The molecule has 1 aromatic heterocycles. The monoisotopic (exact) mass is 430 g/mol. The van der Waals surface area contributed by atoms with E-state index < -0.39 is 12.2 Å². The molecule has 7 nitrogen and oxygen atoms in total. The second-order valence-corrected chi connectivity index (χ2v) is 7.10. The van der Waals surface area contributed by atoms with E-state index in [1.54, 1.807) is 25.2 Å². The van der Waals surface area contributed by atoms with Gasteiger partial charge in [-0.1, -0.05) is 28.9 Å². The highest BCUT2D eigenvalue weighted by Crippen LogP contribution is 2.25. The second-order valence-electron chi connectivity index (χ2n) is 6.66. The maximum Gasteiger partial charge on any atom is 0.403 e. The van der Waals surface area contributed by atoms with Crippen molar-refractivity contribution in [1.82, 2.24) is 25.3 Å². The lowest BCUT2D eigenvalue weighted by Gasteiger charge is -2.39. The number of aliphatic imine (C=N–C) groups is 1. The lowest BCUT2D eigenvalue weighted by atomic mass is 10.2. The van der Waals surface area contributed by atoms with E-state index in [1.165, 1.54) is 11.8 Å². The summed E-state index contributed by atoms with van der Waals surface area (Å²) in [7, 11) is 1.62. The standard InChI is InChI=1S/C18H22ClF3N6O/c1-12(18(20,21)22)27-6-8-28(9-7-27)17(23-2)24-11-15-25-16(26-29-15)13-4-3-5-14(19)10-13/h3-5,10,12H,6-9,11H2,1-2H3,(H,23,24). The molecule has 2 aromatic rings. The first-order valence-electron chi connectivity index (χ1n) is 9.13. The zero-order valence-electron chi connectivity index (χ0n) is 16.1. The summed E-state index contributed by atoms with van der Waals surface area (Å²) in [6, 6.07) is 5.67. The average Bonchev–Trinajstić information content (AvgIpc) is 3.17. The highest BCUT2D eigenvalue weighted by atomic mass is 35.5. The van der Waals surface area contributed by atoms with E-state index in [0.29, 0.717) is 48.9 Å². The molecule has 0 radical (unpaired) electrons. The van der Waals surface area contributed by atoms with E-state index in [2.05, 4.69) is 20.4 Å². The maximum atomic E-state index is 12.9. The second kappa shape index (κ2) is 9.00. The van der Waals surface area contributed by atoms with Crippen molar-refractivity contribution in [3.63, 3.8) is 0 Å². The Hall–Kier alpha value is -2.33. The quantitative estimate of drug-likeness (QED) is 0.594. The molecule has 29 heavy (non-hydrogen) atoms. The Morgan fingerprint density at radius 3 is 2.66 bits per heavy atom. The van der Waals surface area contributed by atoms with Crippen LogP contribution in [-0.4, -0.2) is 71.3 Å². The van der Waals surface area contributed by atoms with Crippen LogP contribution < -0.4 is 5.32 Å². The van der Waals surface area contributed by atoms with Gasteiger partial charge in [0.2, 0.25) is 11.7 Å². The van der Waals surface area contributed by atoms with Gasteiger partial charge < -0.3 is 14.7 Å². The van der Waals surface area contributed by atoms with Gasteiger partial charge in [0.1, 0.15) is 6.04 Å². The number of nitrogens with zero attached hydrogens (tertiary/aromatic N) is 5. The molecule has 1 N–H and O–H groups in total. The number of piperazine rings is 1. The van der Waals surface area contributed by atoms with Gasteiger partial charge in [0.15, 0.2) is 5.96 Å². The Kier molecular flexibility index (Phi) is 6.63. The molecule has 0 aliphatic carbocycles. The van der Waals surface area contributed by atoms with Crippen LogP contribution in [0.5, 0.6) is 0 Å². The summed E-state index contributed by atoms with van der Waals surface area (Å²) in [4.78, 5) is 11.9. The number of halogens is 4. The maximum absolute atomic E-state index is 12.9. The smallest absolute Gasteiger partial charge is 0.347 e. The summed E-state index contributed by atoms with van der Waals surface area (Å²) < 4.78 is 43.9. The van der Waals surface area contributed by atoms with Gasteiger partial charge in [0.25, 0.3) is 0 Å². The van der Waals surface area contributed by atoms with E-state index in [-0.39, 0.29) is 6.54 Å². The van der Waals surface area contributed by atoms with Crippen LogP contribution in [0.2, 0.25) is 5.02 Å². The number of rotatable bonds is 4. The summed E-state index contributed by atoms with van der Waals surface area (Å²) in [6.45, 7) is 2.94. The molecular weight excluding hydrogens is 409 g/mol. The highest BCUT2D eigenvalue weighted by Gasteiger charge is 2.41. The first-order valence-corrected chi connectivity index (χ1v) is 9.50. The van der Waals surface area contributed by atoms with Gasteiger partial charge in [-0.05, 0) is 19.1 Å². The number of benzene rings is 1. The fourth-order valence-electron chi connectivity index (χ4n) is 3.09. The molecule has 1 aromatic carbocycles. The van der Waals surface area contributed by atoms with E-state index in [4.69, 9.17) is 16.1 Å². The first-order chi connectivity index (χ1) is 13.8. The number of aromatic nitrogens is 2. The Bertz CT molecular complexity index is 848. The van der Waals surface area contributed by atoms with Crippen LogP contribution in [0.4, 0.5) is 13.2 Å². The lowest BCUT2D eigenvalue weighted by Crippen LogP contribution is -2.56. The number of guanidine groups is 1. The summed E-state index contributed by atoms with van der Waals surface area (Å²) in [6.07, 6.45) is -4.22. The van der Waals surface area contributed by atoms with Crippen LogP contribution in [0.25, 0.3) is 11.4 Å². The van der Waals surface area contributed by atoms with Gasteiger partial charge in [-0.3, -0.25) is 9.89 Å². The lowest BCUT2D eigenvalue weighted by molar-refractivity contribution is -0.181. The number of alkyl halides is 3. The van der Waals surface area contributed by atoms with Crippen molar-refractivity contribution in [2.24, 2.45) is 4.99 Å². The van der Waals surface area contributed by atoms with Crippen LogP contribution in [0.15, 0.2) is 33.8 Å². The van der Waals surface area contributed by atoms with Crippen molar-refractivity contribution in [2.45, 2.75) is 25.7 Å². The fourth-order valence-corrected chi connectivity index (χ4v) is 3.28. The number of hydrogen-bond acceptors (Lipinski definition) is 5. The molecule has 3 rings (SSSR count). The Balaban J connectivity index is 1.54. The van der Waals surface area contributed by atoms with E-state index in [0.717, 1.165) is 5.56 Å². The van der Waals surface area contributed by atoms with Crippen LogP contribution in [0, 0.1) is 0 Å². The minimum Gasteiger partial charge on any atom is -0.347 e. The topological polar surface area (TPSA) is 69.8 Å². The summed E-state index contributed by atoms with van der Waals surface area (Å²) >= 11 is 5.98. The molecular formula is C18H22ClF3N6O. The van der Waals surface area contributed by atoms with Gasteiger partial charge in [0, 0.05) is 43.8 Å². The van der Waals surface area contributed by atoms with Crippen molar-refractivity contribution < 1.29 is 17.7 Å². The minimum absolute atomic E-state index is 0.249. The van der Waals surface area contributed by atoms with Crippen LogP contribution >= 0.6 is 11.6 Å². The molecule has 1 aliphatic rings. The molecule has 0 amide bonds. The number of nitrogens with one attached hydrogen (secondary N) is 1. The predicted octanol–water partition coefficient (Wildman–Crippen LogP) is 3.03. The molecule has 1 atom stereocenters. The van der Waals surface area contributed by atoms with Gasteiger partial charge in [-0.25, -0.2) is 0 Å². The molecule has 1 fully saturated rings. The van der Waals surface area contributed by atoms with Crippen molar-refractivity contribution in [2.75, 3.05) is 33.2 Å². The SMILES string of the molecule is CN=C(NCc1nc(-c2cccc(Cl)c2)no1)N1CCN(C(C)C(F)(F)F)CC1. The Morgan fingerprint density at radius 2 is 2.03 bits per heavy atom.